The molecule has 14 nitrogen and oxygen atoms in total. The molecule has 4 atom stereocenters. The number of carbonyl (C=O) groups excluding carboxylic acids is 4. The summed E-state index contributed by atoms with van der Waals surface area (Å²) in [6.45, 7) is 0.368. The number of amides is 4. The van der Waals surface area contributed by atoms with Gasteiger partial charge in [-0.15, -0.1) is 0 Å². The van der Waals surface area contributed by atoms with Crippen LogP contribution in [0.1, 0.15) is 38.5 Å². The van der Waals surface area contributed by atoms with Gasteiger partial charge in [0.1, 0.15) is 18.1 Å². The summed E-state index contributed by atoms with van der Waals surface area (Å²) in [6, 6.07) is -5.40. The lowest BCUT2D eigenvalue weighted by Crippen LogP contribution is -2.57. The Morgan fingerprint density at radius 2 is 1.38 bits per heavy atom. The number of unbranched alkanes of at least 4 members (excludes halogenated alkanes) is 1. The highest BCUT2D eigenvalue weighted by atomic mass is 32.2. The minimum absolute atomic E-state index is 0.114. The van der Waals surface area contributed by atoms with Crippen LogP contribution in [0, 0.1) is 0 Å². The van der Waals surface area contributed by atoms with Gasteiger partial charge in [0.25, 0.3) is 0 Å². The number of nitrogens with two attached hydrogens (primary N) is 3. The number of thioether (sulfide) groups is 1. The number of aliphatic carboxylic acids is 2. The van der Waals surface area contributed by atoms with Crippen LogP contribution in [0.25, 0.3) is 0 Å². The topological polar surface area (TPSA) is 257 Å². The monoisotopic (exact) mass is 506 g/mol. The number of carboxylic acids is 2. The first kappa shape index (κ1) is 31.1. The van der Waals surface area contributed by atoms with Gasteiger partial charge in [0.15, 0.2) is 0 Å². The third-order valence-corrected chi connectivity index (χ3v) is 5.22. The van der Waals surface area contributed by atoms with Crippen LogP contribution in [-0.4, -0.2) is 88.5 Å². The second-order valence-electron chi connectivity index (χ2n) is 7.46. The average molecular weight is 507 g/mol. The first-order valence-electron chi connectivity index (χ1n) is 10.5. The molecule has 0 spiro atoms. The van der Waals surface area contributed by atoms with Crippen LogP contribution in [0.2, 0.25) is 0 Å². The van der Waals surface area contributed by atoms with Crippen LogP contribution in [0.3, 0.4) is 0 Å². The van der Waals surface area contributed by atoms with Crippen molar-refractivity contribution in [2.24, 2.45) is 17.2 Å². The molecule has 194 valence electrons. The number of carbonyl (C=O) groups is 6. The quantitative estimate of drug-likeness (QED) is 0.0873. The summed E-state index contributed by atoms with van der Waals surface area (Å²) >= 11 is 1.37. The number of hydrogen-bond donors (Lipinski definition) is 8. The lowest BCUT2D eigenvalue weighted by Gasteiger charge is -2.24. The third kappa shape index (κ3) is 13.0. The molecule has 0 rings (SSSR count). The number of nitrogens with one attached hydrogen (secondary N) is 3. The number of primary amides is 1. The maximum absolute atomic E-state index is 12.7. The molecule has 4 unspecified atom stereocenters. The van der Waals surface area contributed by atoms with E-state index >= 15 is 0 Å². The Balaban J connectivity index is 5.44. The van der Waals surface area contributed by atoms with Crippen molar-refractivity contribution < 1.29 is 39.0 Å². The van der Waals surface area contributed by atoms with Gasteiger partial charge in [-0.3, -0.25) is 24.0 Å². The fourth-order valence-electron chi connectivity index (χ4n) is 2.77. The molecule has 0 fully saturated rings. The summed E-state index contributed by atoms with van der Waals surface area (Å²) in [5, 5.41) is 25.3. The van der Waals surface area contributed by atoms with Gasteiger partial charge in [-0.05, 0) is 44.2 Å². The third-order valence-electron chi connectivity index (χ3n) is 4.57. The van der Waals surface area contributed by atoms with Gasteiger partial charge < -0.3 is 43.4 Å². The second kappa shape index (κ2) is 16.7. The molecular weight excluding hydrogens is 472 g/mol. The molecule has 0 heterocycles. The molecular formula is C19H34N6O8S. The molecule has 34 heavy (non-hydrogen) atoms. The Bertz CT molecular complexity index is 738. The van der Waals surface area contributed by atoms with Crippen LogP contribution in [0.4, 0.5) is 0 Å². The lowest BCUT2D eigenvalue weighted by atomic mass is 10.1. The molecule has 0 bridgehead atoms. The van der Waals surface area contributed by atoms with Gasteiger partial charge in [-0.2, -0.15) is 11.8 Å². The smallest absolute Gasteiger partial charge is 0.326 e. The van der Waals surface area contributed by atoms with E-state index in [1.54, 1.807) is 6.26 Å². The molecule has 15 heteroatoms. The predicted octanol–water partition coefficient (Wildman–Crippen LogP) is -2.92. The first-order chi connectivity index (χ1) is 15.9. The van der Waals surface area contributed by atoms with Gasteiger partial charge in [0.2, 0.25) is 23.6 Å². The van der Waals surface area contributed by atoms with Crippen molar-refractivity contribution in [3.05, 3.63) is 0 Å². The van der Waals surface area contributed by atoms with E-state index in [4.69, 9.17) is 22.3 Å². The van der Waals surface area contributed by atoms with Crippen LogP contribution >= 0.6 is 11.8 Å². The molecule has 11 N–H and O–H groups in total. The number of carboxylic acid groups (broad SMARTS) is 2. The highest BCUT2D eigenvalue weighted by molar-refractivity contribution is 7.98. The largest absolute Gasteiger partial charge is 0.481 e. The molecule has 0 radical (unpaired) electrons. The Labute approximate surface area is 201 Å². The zero-order valence-corrected chi connectivity index (χ0v) is 19.8. The molecule has 0 saturated carbocycles. The molecule has 4 amide bonds. The SMILES string of the molecule is CSCCC(NC(=O)C(CC(=O)O)NC(=O)C(N)CC(N)=O)C(=O)NC(CCCCN)C(=O)O. The van der Waals surface area contributed by atoms with Crippen molar-refractivity contribution in [3.63, 3.8) is 0 Å². The van der Waals surface area contributed by atoms with E-state index in [2.05, 4.69) is 16.0 Å². The summed E-state index contributed by atoms with van der Waals surface area (Å²) in [4.78, 5) is 71.2. The Hall–Kier alpha value is -2.91. The predicted molar refractivity (Wildman–Crippen MR) is 123 cm³/mol. The maximum Gasteiger partial charge on any atom is 0.326 e. The molecule has 0 saturated heterocycles. The van der Waals surface area contributed by atoms with Gasteiger partial charge in [-0.25, -0.2) is 4.79 Å². The van der Waals surface area contributed by atoms with Crippen LogP contribution in [0.5, 0.6) is 0 Å². The minimum atomic E-state index is -1.60. The number of rotatable bonds is 18. The van der Waals surface area contributed by atoms with Crippen molar-refractivity contribution in [2.75, 3.05) is 18.6 Å². The Kier molecular flexibility index (Phi) is 15.2. The fraction of sp³-hybridized carbons (Fsp3) is 0.684. The van der Waals surface area contributed by atoms with E-state index < -0.39 is 72.6 Å². The van der Waals surface area contributed by atoms with Gasteiger partial charge in [0, 0.05) is 0 Å². The summed E-state index contributed by atoms with van der Waals surface area (Å²) in [6.07, 6.45) is 1.70. The van der Waals surface area contributed by atoms with E-state index in [-0.39, 0.29) is 12.8 Å². The summed E-state index contributed by atoms with van der Waals surface area (Å²) in [7, 11) is 0. The maximum atomic E-state index is 12.7. The van der Waals surface area contributed by atoms with E-state index in [0.717, 1.165) is 0 Å². The van der Waals surface area contributed by atoms with Gasteiger partial charge in [-0.1, -0.05) is 0 Å². The molecule has 0 aromatic rings. The van der Waals surface area contributed by atoms with Crippen LogP contribution < -0.4 is 33.2 Å². The molecule has 0 aromatic carbocycles. The normalized spacial score (nSPS) is 14.2. The van der Waals surface area contributed by atoms with Crippen LogP contribution in [0.15, 0.2) is 0 Å². The zero-order valence-electron chi connectivity index (χ0n) is 19.0. The van der Waals surface area contributed by atoms with Crippen molar-refractivity contribution in [3.8, 4) is 0 Å². The van der Waals surface area contributed by atoms with E-state index in [1.807, 2.05) is 0 Å². The summed E-state index contributed by atoms with van der Waals surface area (Å²) in [5.41, 5.74) is 15.9. The molecule has 0 aliphatic rings. The Morgan fingerprint density at radius 1 is 0.824 bits per heavy atom. The molecule has 0 aromatic heterocycles. The van der Waals surface area contributed by atoms with E-state index in [1.165, 1.54) is 11.8 Å². The molecule has 0 aliphatic carbocycles. The van der Waals surface area contributed by atoms with Gasteiger partial charge >= 0.3 is 11.9 Å². The van der Waals surface area contributed by atoms with Crippen molar-refractivity contribution >= 4 is 47.3 Å². The van der Waals surface area contributed by atoms with E-state index in [9.17, 15) is 33.9 Å². The Morgan fingerprint density at radius 3 is 1.88 bits per heavy atom. The minimum Gasteiger partial charge on any atom is -0.481 e. The first-order valence-corrected chi connectivity index (χ1v) is 11.9. The fourth-order valence-corrected chi connectivity index (χ4v) is 3.24. The summed E-state index contributed by atoms with van der Waals surface area (Å²) < 4.78 is 0. The van der Waals surface area contributed by atoms with Gasteiger partial charge in [0.05, 0.1) is 18.9 Å². The zero-order chi connectivity index (χ0) is 26.3. The van der Waals surface area contributed by atoms with E-state index in [0.29, 0.717) is 25.1 Å². The van der Waals surface area contributed by atoms with Crippen molar-refractivity contribution in [2.45, 2.75) is 62.7 Å². The second-order valence-corrected chi connectivity index (χ2v) is 8.45. The number of hydrogen-bond acceptors (Lipinski definition) is 9. The highest BCUT2D eigenvalue weighted by Crippen LogP contribution is 2.06. The average Bonchev–Trinajstić information content (AvgIpc) is 2.74. The summed E-state index contributed by atoms with van der Waals surface area (Å²) in [5.74, 6) is -5.85. The van der Waals surface area contributed by atoms with Crippen LogP contribution in [-0.2, 0) is 28.8 Å². The molecule has 0 aliphatic heterocycles. The van der Waals surface area contributed by atoms with Crippen molar-refractivity contribution in [1.82, 2.24) is 16.0 Å². The standard InChI is InChI=1S/C19H34N6O8S/c1-34-7-5-11(17(30)24-12(19(32)33)4-2-3-6-20)23-18(31)13(9-15(27)28)25-16(29)10(21)8-14(22)26/h10-13H,2-9,20-21H2,1H3,(H2,22,26)(H,23,31)(H,24,30)(H,25,29)(H,27,28)(H,32,33). The lowest BCUT2D eigenvalue weighted by molar-refractivity contribution is -0.143. The highest BCUT2D eigenvalue weighted by Gasteiger charge is 2.31. The van der Waals surface area contributed by atoms with Crippen molar-refractivity contribution in [1.29, 1.82) is 0 Å².